The van der Waals surface area contributed by atoms with Crippen LogP contribution in [-0.4, -0.2) is 33.3 Å². The van der Waals surface area contributed by atoms with Crippen molar-refractivity contribution >= 4 is 23.0 Å². The lowest BCUT2D eigenvalue weighted by molar-refractivity contribution is 0.0928. The molecule has 3 rings (SSSR count). The fourth-order valence-corrected chi connectivity index (χ4v) is 2.83. The molecule has 2 amide bonds. The van der Waals surface area contributed by atoms with Crippen LogP contribution < -0.4 is 15.4 Å². The van der Waals surface area contributed by atoms with Crippen molar-refractivity contribution in [1.29, 1.82) is 0 Å². The fourth-order valence-electron chi connectivity index (χ4n) is 2.83. The lowest BCUT2D eigenvalue weighted by Crippen LogP contribution is -2.33. The van der Waals surface area contributed by atoms with Crippen molar-refractivity contribution < 1.29 is 14.3 Å². The van der Waals surface area contributed by atoms with Crippen LogP contribution in [0.1, 0.15) is 55.2 Å². The molecule has 2 N–H and O–H groups in total. The number of fused-ring (bicyclic) bond motifs is 1. The maximum atomic E-state index is 12.9. The summed E-state index contributed by atoms with van der Waals surface area (Å²) in [5.74, 6) is 0.227. The number of hydrogen-bond acceptors (Lipinski definition) is 4. The van der Waals surface area contributed by atoms with E-state index in [9.17, 15) is 9.59 Å². The SMILES string of the molecule is CCC(C)NC(=O)c1nc(C(=O)Nc2ccc(OC(C)C)cc2)c2ccccn12. The number of carbonyl (C=O) groups is 2. The lowest BCUT2D eigenvalue weighted by Gasteiger charge is -2.10. The van der Waals surface area contributed by atoms with E-state index in [-0.39, 0.29) is 35.5 Å². The van der Waals surface area contributed by atoms with Gasteiger partial charge in [0, 0.05) is 17.9 Å². The highest BCUT2D eigenvalue weighted by atomic mass is 16.5. The smallest absolute Gasteiger partial charge is 0.287 e. The van der Waals surface area contributed by atoms with Gasteiger partial charge < -0.3 is 15.4 Å². The van der Waals surface area contributed by atoms with E-state index in [1.165, 1.54) is 0 Å². The number of imidazole rings is 1. The Morgan fingerprint density at radius 2 is 1.79 bits per heavy atom. The van der Waals surface area contributed by atoms with Crippen LogP contribution in [0.2, 0.25) is 0 Å². The summed E-state index contributed by atoms with van der Waals surface area (Å²) in [6.07, 6.45) is 2.61. The van der Waals surface area contributed by atoms with Gasteiger partial charge in [-0.3, -0.25) is 14.0 Å². The normalized spacial score (nSPS) is 12.0. The van der Waals surface area contributed by atoms with Gasteiger partial charge in [-0.05, 0) is 63.6 Å². The Morgan fingerprint density at radius 3 is 2.45 bits per heavy atom. The molecule has 0 radical (unpaired) electrons. The summed E-state index contributed by atoms with van der Waals surface area (Å²) in [5.41, 5.74) is 1.38. The van der Waals surface area contributed by atoms with Crippen LogP contribution in [0.25, 0.3) is 5.52 Å². The fraction of sp³-hybridized carbons (Fsp3) is 0.318. The number of pyridine rings is 1. The molecule has 0 aliphatic rings. The zero-order chi connectivity index (χ0) is 21.0. The average molecular weight is 394 g/mol. The molecule has 1 atom stereocenters. The Morgan fingerprint density at radius 1 is 1.07 bits per heavy atom. The van der Waals surface area contributed by atoms with E-state index in [2.05, 4.69) is 15.6 Å². The zero-order valence-electron chi connectivity index (χ0n) is 17.1. The van der Waals surface area contributed by atoms with Crippen molar-refractivity contribution in [3.8, 4) is 5.75 Å². The zero-order valence-corrected chi connectivity index (χ0v) is 17.1. The molecule has 1 unspecified atom stereocenters. The van der Waals surface area contributed by atoms with Crippen molar-refractivity contribution in [3.63, 3.8) is 0 Å². The van der Waals surface area contributed by atoms with Crippen molar-refractivity contribution in [3.05, 3.63) is 60.2 Å². The third-order valence-corrected chi connectivity index (χ3v) is 4.44. The lowest BCUT2D eigenvalue weighted by atomic mass is 10.2. The third kappa shape index (κ3) is 4.74. The first-order valence-corrected chi connectivity index (χ1v) is 9.75. The number of aromatic nitrogens is 2. The van der Waals surface area contributed by atoms with Gasteiger partial charge in [0.1, 0.15) is 5.75 Å². The monoisotopic (exact) mass is 394 g/mol. The van der Waals surface area contributed by atoms with Crippen LogP contribution in [0.4, 0.5) is 5.69 Å². The molecule has 29 heavy (non-hydrogen) atoms. The predicted molar refractivity (Wildman–Crippen MR) is 113 cm³/mol. The number of nitrogens with one attached hydrogen (secondary N) is 2. The van der Waals surface area contributed by atoms with E-state index in [1.807, 2.05) is 33.8 Å². The summed E-state index contributed by atoms with van der Waals surface area (Å²) in [6, 6.07) is 12.5. The maximum Gasteiger partial charge on any atom is 0.287 e. The van der Waals surface area contributed by atoms with Gasteiger partial charge in [0.05, 0.1) is 11.6 Å². The predicted octanol–water partition coefficient (Wildman–Crippen LogP) is 3.90. The minimum absolute atomic E-state index is 0.0161. The van der Waals surface area contributed by atoms with Gasteiger partial charge in [-0.1, -0.05) is 13.0 Å². The summed E-state index contributed by atoms with van der Waals surface area (Å²) in [7, 11) is 0. The Bertz CT molecular complexity index is 1010. The summed E-state index contributed by atoms with van der Waals surface area (Å²) in [5, 5.41) is 5.73. The van der Waals surface area contributed by atoms with Gasteiger partial charge in [-0.2, -0.15) is 0 Å². The van der Waals surface area contributed by atoms with Gasteiger partial charge in [0.2, 0.25) is 5.82 Å². The highest BCUT2D eigenvalue weighted by Crippen LogP contribution is 2.19. The summed E-state index contributed by atoms with van der Waals surface area (Å²) < 4.78 is 7.25. The molecule has 3 aromatic rings. The van der Waals surface area contributed by atoms with Crippen molar-refractivity contribution in [2.24, 2.45) is 0 Å². The molecule has 0 spiro atoms. The van der Waals surface area contributed by atoms with Crippen molar-refractivity contribution in [2.75, 3.05) is 5.32 Å². The van der Waals surface area contributed by atoms with E-state index in [1.54, 1.807) is 47.0 Å². The number of carbonyl (C=O) groups excluding carboxylic acids is 2. The molecule has 1 aromatic carbocycles. The minimum Gasteiger partial charge on any atom is -0.491 e. The highest BCUT2D eigenvalue weighted by molar-refractivity contribution is 6.09. The second-order valence-electron chi connectivity index (χ2n) is 7.17. The second kappa shape index (κ2) is 8.77. The van der Waals surface area contributed by atoms with E-state index >= 15 is 0 Å². The molecule has 2 aromatic heterocycles. The minimum atomic E-state index is -0.381. The van der Waals surface area contributed by atoms with Gasteiger partial charge in [0.25, 0.3) is 11.8 Å². The van der Waals surface area contributed by atoms with Crippen LogP contribution in [0.15, 0.2) is 48.7 Å². The van der Waals surface area contributed by atoms with E-state index < -0.39 is 0 Å². The average Bonchev–Trinajstić information content (AvgIpc) is 3.09. The number of nitrogens with zero attached hydrogens (tertiary/aromatic N) is 2. The molecular formula is C22H26N4O3. The number of benzene rings is 1. The molecule has 0 aliphatic carbocycles. The molecular weight excluding hydrogens is 368 g/mol. The first-order chi connectivity index (χ1) is 13.9. The number of rotatable bonds is 7. The van der Waals surface area contributed by atoms with Crippen LogP contribution in [0.3, 0.4) is 0 Å². The molecule has 0 bridgehead atoms. The molecule has 0 saturated heterocycles. The van der Waals surface area contributed by atoms with E-state index in [0.29, 0.717) is 11.2 Å². The van der Waals surface area contributed by atoms with E-state index in [4.69, 9.17) is 4.74 Å². The maximum absolute atomic E-state index is 12.9. The number of anilines is 1. The summed E-state index contributed by atoms with van der Waals surface area (Å²) in [6.45, 7) is 7.82. The van der Waals surface area contributed by atoms with E-state index in [0.717, 1.165) is 12.2 Å². The Hall–Kier alpha value is -3.35. The van der Waals surface area contributed by atoms with Crippen molar-refractivity contribution in [2.45, 2.75) is 46.3 Å². The van der Waals surface area contributed by atoms with Crippen molar-refractivity contribution in [1.82, 2.24) is 14.7 Å². The Balaban J connectivity index is 1.85. The number of amides is 2. The van der Waals surface area contributed by atoms with Crippen LogP contribution >= 0.6 is 0 Å². The van der Waals surface area contributed by atoms with Crippen LogP contribution in [0.5, 0.6) is 5.75 Å². The molecule has 7 nitrogen and oxygen atoms in total. The van der Waals surface area contributed by atoms with Gasteiger partial charge >= 0.3 is 0 Å². The molecule has 7 heteroatoms. The number of hydrogen-bond donors (Lipinski definition) is 2. The molecule has 152 valence electrons. The Kier molecular flexibility index (Phi) is 6.16. The van der Waals surface area contributed by atoms with Gasteiger partial charge in [-0.25, -0.2) is 4.98 Å². The number of ether oxygens (including phenoxy) is 1. The first kappa shape index (κ1) is 20.4. The third-order valence-electron chi connectivity index (χ3n) is 4.44. The van der Waals surface area contributed by atoms with Gasteiger partial charge in [-0.15, -0.1) is 0 Å². The van der Waals surface area contributed by atoms with Gasteiger partial charge in [0.15, 0.2) is 5.69 Å². The summed E-state index contributed by atoms with van der Waals surface area (Å²) >= 11 is 0. The summed E-state index contributed by atoms with van der Waals surface area (Å²) in [4.78, 5) is 29.8. The largest absolute Gasteiger partial charge is 0.491 e. The second-order valence-corrected chi connectivity index (χ2v) is 7.17. The standard InChI is InChI=1S/C22H26N4O3/c1-5-15(4)23-22(28)20-25-19(18-8-6-7-13-26(18)20)21(27)24-16-9-11-17(12-10-16)29-14(2)3/h6-15H,5H2,1-4H3,(H,23,28)(H,24,27). The molecule has 0 fully saturated rings. The highest BCUT2D eigenvalue weighted by Gasteiger charge is 2.22. The molecule has 0 saturated carbocycles. The molecule has 0 aliphatic heterocycles. The molecule has 2 heterocycles. The topological polar surface area (TPSA) is 84.7 Å². The van der Waals surface area contributed by atoms with Crippen LogP contribution in [0, 0.1) is 0 Å². The Labute approximate surface area is 170 Å². The van der Waals surface area contributed by atoms with Crippen LogP contribution in [-0.2, 0) is 0 Å². The first-order valence-electron chi connectivity index (χ1n) is 9.75. The quantitative estimate of drug-likeness (QED) is 0.636.